The van der Waals surface area contributed by atoms with Crippen LogP contribution in [-0.4, -0.2) is 5.91 Å². The van der Waals surface area contributed by atoms with Crippen LogP contribution in [0.3, 0.4) is 0 Å². The van der Waals surface area contributed by atoms with Crippen LogP contribution in [0.15, 0.2) is 18.2 Å². The van der Waals surface area contributed by atoms with Gasteiger partial charge in [-0.05, 0) is 30.5 Å². The maximum atomic E-state index is 10.7. The van der Waals surface area contributed by atoms with Gasteiger partial charge >= 0.3 is 0 Å². The lowest BCUT2D eigenvalue weighted by Crippen LogP contribution is -2.19. The first-order valence-electron chi connectivity index (χ1n) is 4.41. The van der Waals surface area contributed by atoms with Crippen LogP contribution in [0.2, 0.25) is 0 Å². The lowest BCUT2D eigenvalue weighted by molar-refractivity contribution is -0.119. The number of carbonyl (C=O) groups is 1. The molecule has 0 atom stereocenters. The SMILES string of the molecule is CC(=O)NCc1cccc(C)c1C. The molecule has 1 aromatic carbocycles. The second-order valence-electron chi connectivity index (χ2n) is 3.27. The monoisotopic (exact) mass is 177 g/mol. The van der Waals surface area contributed by atoms with E-state index in [0.717, 1.165) is 0 Å². The number of benzene rings is 1. The van der Waals surface area contributed by atoms with Crippen LogP contribution in [0.5, 0.6) is 0 Å². The van der Waals surface area contributed by atoms with Gasteiger partial charge in [-0.3, -0.25) is 4.79 Å². The summed E-state index contributed by atoms with van der Waals surface area (Å²) >= 11 is 0. The Morgan fingerprint density at radius 3 is 2.69 bits per heavy atom. The Labute approximate surface area is 79.0 Å². The van der Waals surface area contributed by atoms with Crippen LogP contribution in [0.25, 0.3) is 0 Å². The quantitative estimate of drug-likeness (QED) is 0.735. The molecular formula is C11H15NO. The van der Waals surface area contributed by atoms with Gasteiger partial charge < -0.3 is 5.32 Å². The zero-order valence-electron chi connectivity index (χ0n) is 8.35. The van der Waals surface area contributed by atoms with Gasteiger partial charge in [0.15, 0.2) is 0 Å². The molecule has 1 aromatic rings. The van der Waals surface area contributed by atoms with Crippen molar-refractivity contribution in [1.29, 1.82) is 0 Å². The third-order valence-electron chi connectivity index (χ3n) is 2.24. The molecule has 0 aliphatic heterocycles. The lowest BCUT2D eigenvalue weighted by Gasteiger charge is -2.08. The maximum absolute atomic E-state index is 10.7. The first-order valence-corrected chi connectivity index (χ1v) is 4.41. The van der Waals surface area contributed by atoms with Crippen molar-refractivity contribution in [3.8, 4) is 0 Å². The van der Waals surface area contributed by atoms with Gasteiger partial charge in [-0.15, -0.1) is 0 Å². The number of rotatable bonds is 2. The topological polar surface area (TPSA) is 29.1 Å². The number of hydrogen-bond donors (Lipinski definition) is 1. The van der Waals surface area contributed by atoms with Crippen molar-refractivity contribution < 1.29 is 4.79 Å². The van der Waals surface area contributed by atoms with Crippen LogP contribution in [-0.2, 0) is 11.3 Å². The van der Waals surface area contributed by atoms with Crippen LogP contribution in [0.1, 0.15) is 23.6 Å². The van der Waals surface area contributed by atoms with E-state index < -0.39 is 0 Å². The van der Waals surface area contributed by atoms with E-state index in [2.05, 4.69) is 25.2 Å². The third kappa shape index (κ3) is 2.58. The van der Waals surface area contributed by atoms with Crippen LogP contribution in [0.4, 0.5) is 0 Å². The summed E-state index contributed by atoms with van der Waals surface area (Å²) in [4.78, 5) is 10.7. The molecular weight excluding hydrogens is 162 g/mol. The number of nitrogens with one attached hydrogen (secondary N) is 1. The minimum Gasteiger partial charge on any atom is -0.352 e. The summed E-state index contributed by atoms with van der Waals surface area (Å²) in [6.45, 7) is 6.31. The Balaban J connectivity index is 2.77. The highest BCUT2D eigenvalue weighted by atomic mass is 16.1. The Morgan fingerprint density at radius 2 is 2.08 bits per heavy atom. The molecule has 0 unspecified atom stereocenters. The second kappa shape index (κ2) is 4.08. The van der Waals surface area contributed by atoms with Crippen molar-refractivity contribution in [1.82, 2.24) is 5.32 Å². The van der Waals surface area contributed by atoms with E-state index in [1.54, 1.807) is 0 Å². The molecule has 0 spiro atoms. The summed E-state index contributed by atoms with van der Waals surface area (Å²) in [5, 5.41) is 2.79. The fourth-order valence-electron chi connectivity index (χ4n) is 1.22. The first-order chi connectivity index (χ1) is 6.11. The summed E-state index contributed by atoms with van der Waals surface area (Å²) in [6, 6.07) is 6.13. The van der Waals surface area contributed by atoms with Crippen molar-refractivity contribution in [2.24, 2.45) is 0 Å². The van der Waals surface area contributed by atoms with Gasteiger partial charge in [0, 0.05) is 13.5 Å². The Hall–Kier alpha value is -1.31. The molecule has 2 nitrogen and oxygen atoms in total. The standard InChI is InChI=1S/C11H15NO/c1-8-5-4-6-11(9(8)2)7-12-10(3)13/h4-6H,7H2,1-3H3,(H,12,13). The zero-order valence-corrected chi connectivity index (χ0v) is 8.35. The molecule has 13 heavy (non-hydrogen) atoms. The second-order valence-corrected chi connectivity index (χ2v) is 3.27. The van der Waals surface area contributed by atoms with Crippen LogP contribution < -0.4 is 5.32 Å². The molecule has 0 aromatic heterocycles. The van der Waals surface area contributed by atoms with E-state index in [1.165, 1.54) is 23.6 Å². The zero-order chi connectivity index (χ0) is 9.84. The van der Waals surface area contributed by atoms with Crippen LogP contribution in [0, 0.1) is 13.8 Å². The summed E-state index contributed by atoms with van der Waals surface area (Å²) in [6.07, 6.45) is 0. The van der Waals surface area contributed by atoms with Gasteiger partial charge in [0.2, 0.25) is 5.91 Å². The predicted molar refractivity (Wildman–Crippen MR) is 53.4 cm³/mol. The van der Waals surface area contributed by atoms with Gasteiger partial charge in [0.1, 0.15) is 0 Å². The van der Waals surface area contributed by atoms with Crippen molar-refractivity contribution in [3.63, 3.8) is 0 Å². The van der Waals surface area contributed by atoms with Crippen molar-refractivity contribution >= 4 is 5.91 Å². The van der Waals surface area contributed by atoms with E-state index in [9.17, 15) is 4.79 Å². The molecule has 0 bridgehead atoms. The highest BCUT2D eigenvalue weighted by molar-refractivity contribution is 5.72. The van der Waals surface area contributed by atoms with Crippen molar-refractivity contribution in [2.75, 3.05) is 0 Å². The van der Waals surface area contributed by atoms with Gasteiger partial charge in [-0.2, -0.15) is 0 Å². The van der Waals surface area contributed by atoms with Crippen molar-refractivity contribution in [3.05, 3.63) is 34.9 Å². The highest BCUT2D eigenvalue weighted by Crippen LogP contribution is 2.11. The molecule has 1 rings (SSSR count). The lowest BCUT2D eigenvalue weighted by atomic mass is 10.0. The highest BCUT2D eigenvalue weighted by Gasteiger charge is 2.00. The molecule has 0 radical (unpaired) electrons. The molecule has 0 heterocycles. The first kappa shape index (κ1) is 9.78. The number of amides is 1. The predicted octanol–water partition coefficient (Wildman–Crippen LogP) is 1.94. The summed E-state index contributed by atoms with van der Waals surface area (Å²) in [7, 11) is 0. The fraction of sp³-hybridized carbons (Fsp3) is 0.364. The molecule has 0 aliphatic carbocycles. The van der Waals surface area contributed by atoms with E-state index in [0.29, 0.717) is 6.54 Å². The normalized spacial score (nSPS) is 9.77. The number of hydrogen-bond acceptors (Lipinski definition) is 1. The van der Waals surface area contributed by atoms with E-state index in [4.69, 9.17) is 0 Å². The molecule has 0 saturated carbocycles. The van der Waals surface area contributed by atoms with Gasteiger partial charge in [-0.25, -0.2) is 0 Å². The average molecular weight is 177 g/mol. The Morgan fingerprint density at radius 1 is 1.38 bits per heavy atom. The fourth-order valence-corrected chi connectivity index (χ4v) is 1.22. The molecule has 70 valence electrons. The van der Waals surface area contributed by atoms with Gasteiger partial charge in [-0.1, -0.05) is 18.2 Å². The van der Waals surface area contributed by atoms with Crippen LogP contribution >= 0.6 is 0 Å². The minimum absolute atomic E-state index is 0.0147. The van der Waals surface area contributed by atoms with E-state index >= 15 is 0 Å². The molecule has 2 heteroatoms. The molecule has 0 fully saturated rings. The number of aryl methyl sites for hydroxylation is 1. The number of carbonyl (C=O) groups excluding carboxylic acids is 1. The third-order valence-corrected chi connectivity index (χ3v) is 2.24. The smallest absolute Gasteiger partial charge is 0.217 e. The Kier molecular flexibility index (Phi) is 3.07. The molecule has 1 amide bonds. The largest absolute Gasteiger partial charge is 0.352 e. The summed E-state index contributed by atoms with van der Waals surface area (Å²) in [5.74, 6) is 0.0147. The van der Waals surface area contributed by atoms with E-state index in [-0.39, 0.29) is 5.91 Å². The van der Waals surface area contributed by atoms with E-state index in [1.807, 2.05) is 12.1 Å². The van der Waals surface area contributed by atoms with Gasteiger partial charge in [0.25, 0.3) is 0 Å². The average Bonchev–Trinajstić information content (AvgIpc) is 2.07. The van der Waals surface area contributed by atoms with Gasteiger partial charge in [0.05, 0.1) is 0 Å². The summed E-state index contributed by atoms with van der Waals surface area (Å²) < 4.78 is 0. The Bertz CT molecular complexity index is 318. The molecule has 1 N–H and O–H groups in total. The minimum atomic E-state index is 0.0147. The summed E-state index contributed by atoms with van der Waals surface area (Å²) in [5.41, 5.74) is 3.72. The van der Waals surface area contributed by atoms with Crippen molar-refractivity contribution in [2.45, 2.75) is 27.3 Å². The molecule has 0 saturated heterocycles. The molecule has 0 aliphatic rings. The maximum Gasteiger partial charge on any atom is 0.217 e.